The van der Waals surface area contributed by atoms with Gasteiger partial charge >= 0.3 is 0 Å². The minimum absolute atomic E-state index is 0.269. The van der Waals surface area contributed by atoms with Crippen LogP contribution in [0, 0.1) is 0 Å². The van der Waals surface area contributed by atoms with E-state index in [9.17, 15) is 0 Å². The summed E-state index contributed by atoms with van der Waals surface area (Å²) in [6.45, 7) is 0.635. The Labute approximate surface area is 128 Å². The predicted molar refractivity (Wildman–Crippen MR) is 86.0 cm³/mol. The maximum atomic E-state index is 6.00. The molecule has 1 saturated heterocycles. The van der Waals surface area contributed by atoms with Crippen molar-refractivity contribution < 1.29 is 4.74 Å². The molecule has 1 aliphatic rings. The average molecular weight is 345 g/mol. The first-order valence-corrected chi connectivity index (χ1v) is 8.45. The maximum Gasteiger partial charge on any atom is 0.133 e. The Hall–Kier alpha value is -0.230. The smallest absolute Gasteiger partial charge is 0.133 e. The van der Waals surface area contributed by atoms with Gasteiger partial charge in [-0.3, -0.25) is 4.90 Å². The van der Waals surface area contributed by atoms with E-state index in [4.69, 9.17) is 10.5 Å². The SMILES string of the molecule is COc1ccc(C(CN)N(C)C2CCSC2)cc1Br. The van der Waals surface area contributed by atoms with Gasteiger partial charge in [-0.2, -0.15) is 11.8 Å². The number of rotatable bonds is 5. The molecule has 2 unspecified atom stereocenters. The van der Waals surface area contributed by atoms with Crippen molar-refractivity contribution in [1.29, 1.82) is 0 Å². The van der Waals surface area contributed by atoms with Crippen molar-refractivity contribution in [3.63, 3.8) is 0 Å². The normalized spacial score (nSPS) is 20.8. The molecule has 0 aromatic heterocycles. The van der Waals surface area contributed by atoms with Crippen molar-refractivity contribution in [1.82, 2.24) is 4.90 Å². The fourth-order valence-corrected chi connectivity index (χ4v) is 4.36. The van der Waals surface area contributed by atoms with Gasteiger partial charge in [-0.1, -0.05) is 6.07 Å². The number of hydrogen-bond donors (Lipinski definition) is 1. The molecule has 1 aliphatic heterocycles. The topological polar surface area (TPSA) is 38.5 Å². The molecular weight excluding hydrogens is 324 g/mol. The van der Waals surface area contributed by atoms with Crippen LogP contribution in [0.1, 0.15) is 18.0 Å². The van der Waals surface area contributed by atoms with Gasteiger partial charge in [-0.15, -0.1) is 0 Å². The number of methoxy groups -OCH3 is 1. The molecule has 0 amide bonds. The molecule has 1 aromatic carbocycles. The number of nitrogens with two attached hydrogens (primary N) is 1. The second-order valence-corrected chi connectivity index (χ2v) is 6.83. The van der Waals surface area contributed by atoms with Gasteiger partial charge in [0.05, 0.1) is 11.6 Å². The van der Waals surface area contributed by atoms with Crippen LogP contribution in [0.4, 0.5) is 0 Å². The lowest BCUT2D eigenvalue weighted by Gasteiger charge is -2.32. The first kappa shape index (κ1) is 15.2. The van der Waals surface area contributed by atoms with Crippen LogP contribution in [-0.4, -0.2) is 43.1 Å². The summed E-state index contributed by atoms with van der Waals surface area (Å²) in [7, 11) is 3.87. The molecule has 1 aromatic rings. The molecule has 3 nitrogen and oxygen atoms in total. The molecule has 1 heterocycles. The van der Waals surface area contributed by atoms with Gasteiger partial charge in [0, 0.05) is 24.4 Å². The Kier molecular flexibility index (Phi) is 5.57. The van der Waals surface area contributed by atoms with Crippen molar-refractivity contribution in [2.45, 2.75) is 18.5 Å². The van der Waals surface area contributed by atoms with Crippen LogP contribution in [0.25, 0.3) is 0 Å². The van der Waals surface area contributed by atoms with Gasteiger partial charge in [0.25, 0.3) is 0 Å². The summed E-state index contributed by atoms with van der Waals surface area (Å²) in [5, 5.41) is 0. The lowest BCUT2D eigenvalue weighted by molar-refractivity contribution is 0.192. The molecule has 19 heavy (non-hydrogen) atoms. The minimum Gasteiger partial charge on any atom is -0.496 e. The number of ether oxygens (including phenoxy) is 1. The summed E-state index contributed by atoms with van der Waals surface area (Å²) in [6, 6.07) is 7.14. The van der Waals surface area contributed by atoms with Gasteiger partial charge in [0.1, 0.15) is 5.75 Å². The van der Waals surface area contributed by atoms with Crippen molar-refractivity contribution in [3.8, 4) is 5.75 Å². The number of hydrogen-bond acceptors (Lipinski definition) is 4. The predicted octanol–water partition coefficient (Wildman–Crippen LogP) is 2.89. The quantitative estimate of drug-likeness (QED) is 0.891. The Balaban J connectivity index is 2.18. The molecule has 5 heteroatoms. The van der Waals surface area contributed by atoms with Crippen LogP contribution in [0.3, 0.4) is 0 Å². The summed E-state index contributed by atoms with van der Waals surface area (Å²) in [4.78, 5) is 2.42. The third kappa shape index (κ3) is 3.45. The highest BCUT2D eigenvalue weighted by atomic mass is 79.9. The summed E-state index contributed by atoms with van der Waals surface area (Å²) < 4.78 is 6.26. The molecule has 0 saturated carbocycles. The first-order chi connectivity index (χ1) is 9.17. The van der Waals surface area contributed by atoms with Crippen molar-refractivity contribution in [2.24, 2.45) is 5.73 Å². The van der Waals surface area contributed by atoms with Gasteiger partial charge < -0.3 is 10.5 Å². The molecule has 2 N–H and O–H groups in total. The lowest BCUT2D eigenvalue weighted by atomic mass is 10.0. The zero-order valence-corrected chi connectivity index (χ0v) is 13.8. The molecular formula is C14H21BrN2OS. The summed E-state index contributed by atoms with van der Waals surface area (Å²) in [6.07, 6.45) is 1.26. The standard InChI is InChI=1S/C14H21BrN2OS/c1-17(11-5-6-19-9-11)13(8-16)10-3-4-14(18-2)12(15)7-10/h3-4,7,11,13H,5-6,8-9,16H2,1-2H3. The molecule has 0 radical (unpaired) electrons. The Morgan fingerprint density at radius 3 is 2.89 bits per heavy atom. The highest BCUT2D eigenvalue weighted by molar-refractivity contribution is 9.10. The highest BCUT2D eigenvalue weighted by Crippen LogP contribution is 2.32. The van der Waals surface area contributed by atoms with E-state index in [2.05, 4.69) is 40.0 Å². The molecule has 1 fully saturated rings. The molecule has 2 rings (SSSR count). The van der Waals surface area contributed by atoms with Crippen molar-refractivity contribution >= 4 is 27.7 Å². The number of likely N-dealkylation sites (N-methyl/N-ethyl adjacent to an activating group) is 1. The maximum absolute atomic E-state index is 6.00. The summed E-state index contributed by atoms with van der Waals surface area (Å²) >= 11 is 5.58. The number of benzene rings is 1. The van der Waals surface area contributed by atoms with E-state index in [-0.39, 0.29) is 6.04 Å². The van der Waals surface area contributed by atoms with Gasteiger partial charge in [-0.25, -0.2) is 0 Å². The average Bonchev–Trinajstić information content (AvgIpc) is 2.93. The van der Waals surface area contributed by atoms with E-state index >= 15 is 0 Å². The summed E-state index contributed by atoms with van der Waals surface area (Å²) in [5.41, 5.74) is 7.24. The van der Waals surface area contributed by atoms with Crippen molar-refractivity contribution in [3.05, 3.63) is 28.2 Å². The van der Waals surface area contributed by atoms with Gasteiger partial charge in [0.2, 0.25) is 0 Å². The number of thioether (sulfide) groups is 1. The Morgan fingerprint density at radius 2 is 2.37 bits per heavy atom. The second-order valence-electron chi connectivity index (χ2n) is 4.83. The van der Waals surface area contributed by atoms with Crippen molar-refractivity contribution in [2.75, 3.05) is 32.2 Å². The van der Waals surface area contributed by atoms with Crippen LogP contribution in [0.5, 0.6) is 5.75 Å². The number of halogens is 1. The largest absolute Gasteiger partial charge is 0.496 e. The molecule has 0 bridgehead atoms. The third-order valence-electron chi connectivity index (χ3n) is 3.76. The fraction of sp³-hybridized carbons (Fsp3) is 0.571. The summed E-state index contributed by atoms with van der Waals surface area (Å²) in [5.74, 6) is 3.33. The van der Waals surface area contributed by atoms with Crippen LogP contribution in [-0.2, 0) is 0 Å². The zero-order chi connectivity index (χ0) is 13.8. The molecule has 2 atom stereocenters. The molecule has 0 aliphatic carbocycles. The monoisotopic (exact) mass is 344 g/mol. The third-order valence-corrected chi connectivity index (χ3v) is 5.52. The van der Waals surface area contributed by atoms with Crippen LogP contribution < -0.4 is 10.5 Å². The lowest BCUT2D eigenvalue weighted by Crippen LogP contribution is -2.38. The zero-order valence-electron chi connectivity index (χ0n) is 11.4. The van der Waals surface area contributed by atoms with Crippen LogP contribution in [0.15, 0.2) is 22.7 Å². The fourth-order valence-electron chi connectivity index (χ4n) is 2.53. The second kappa shape index (κ2) is 6.97. The van der Waals surface area contributed by atoms with Crippen LogP contribution in [0.2, 0.25) is 0 Å². The van der Waals surface area contributed by atoms with E-state index in [1.165, 1.54) is 23.5 Å². The van der Waals surface area contributed by atoms with E-state index in [1.807, 2.05) is 17.8 Å². The number of nitrogens with zero attached hydrogens (tertiary/aromatic N) is 1. The minimum atomic E-state index is 0.269. The highest BCUT2D eigenvalue weighted by Gasteiger charge is 2.26. The Morgan fingerprint density at radius 1 is 1.58 bits per heavy atom. The molecule has 106 valence electrons. The van der Waals surface area contributed by atoms with E-state index in [0.29, 0.717) is 12.6 Å². The molecule has 0 spiro atoms. The van der Waals surface area contributed by atoms with Gasteiger partial charge in [-0.05, 0) is 52.8 Å². The van der Waals surface area contributed by atoms with Gasteiger partial charge in [0.15, 0.2) is 0 Å². The first-order valence-electron chi connectivity index (χ1n) is 6.50. The van der Waals surface area contributed by atoms with E-state index < -0.39 is 0 Å². The van der Waals surface area contributed by atoms with E-state index in [1.54, 1.807) is 7.11 Å². The van der Waals surface area contributed by atoms with Crippen LogP contribution >= 0.6 is 27.7 Å². The Bertz CT molecular complexity index is 424. The van der Waals surface area contributed by atoms with E-state index in [0.717, 1.165) is 10.2 Å².